The zero-order valence-corrected chi connectivity index (χ0v) is 18.8. The van der Waals surface area contributed by atoms with Gasteiger partial charge in [0.25, 0.3) is 5.90 Å². The summed E-state index contributed by atoms with van der Waals surface area (Å²) in [7, 11) is 0. The van der Waals surface area contributed by atoms with Gasteiger partial charge in [-0.2, -0.15) is 30.7 Å². The summed E-state index contributed by atoms with van der Waals surface area (Å²) in [6.45, 7) is 2.39. The third-order valence-corrected chi connectivity index (χ3v) is 4.22. The fourth-order valence-corrected chi connectivity index (χ4v) is 2.79. The predicted octanol–water partition coefficient (Wildman–Crippen LogP) is 1.90. The van der Waals surface area contributed by atoms with E-state index in [1.807, 2.05) is 0 Å². The number of hydrogen-bond donors (Lipinski definition) is 1. The van der Waals surface area contributed by atoms with Gasteiger partial charge in [-0.1, -0.05) is 0 Å². The average molecular weight is 543 g/mol. The van der Waals surface area contributed by atoms with Gasteiger partial charge in [-0.25, -0.2) is 0 Å². The fraction of sp³-hybridized carbons (Fsp3) is 0.722. The number of carbonyl (C=O) groups excluding carboxylic acids is 4. The lowest BCUT2D eigenvalue weighted by Crippen LogP contribution is -2.64. The van der Waals surface area contributed by atoms with Crippen LogP contribution >= 0.6 is 0 Å². The third kappa shape index (κ3) is 7.17. The first kappa shape index (κ1) is 30.9. The van der Waals surface area contributed by atoms with E-state index in [4.69, 9.17) is 24.4 Å². The molecule has 36 heavy (non-hydrogen) atoms. The molecule has 0 amide bonds. The smallest absolute Gasteiger partial charge is 0.460 e. The van der Waals surface area contributed by atoms with E-state index in [0.717, 1.165) is 27.7 Å². The number of hydrogen-bond acceptors (Lipinski definition) is 11. The van der Waals surface area contributed by atoms with E-state index < -0.39 is 85.1 Å². The summed E-state index contributed by atoms with van der Waals surface area (Å²) < 4.78 is 121. The van der Waals surface area contributed by atoms with Gasteiger partial charge >= 0.3 is 41.9 Å². The molecule has 0 bridgehead atoms. The summed E-state index contributed by atoms with van der Waals surface area (Å²) in [4.78, 5) is 45.9. The number of carbonyl (C=O) groups is 4. The van der Waals surface area contributed by atoms with E-state index in [1.165, 1.54) is 0 Å². The SMILES string of the molecule is CC(=O)OC[C@H]1O[C@H](OC(=N)C(F)(F)C(F)(F)C(F)(F)F)[C@H](OC(C)=O)[C@@H](OC(C)=O)[C@@H]1OC(C)=O. The zero-order chi connectivity index (χ0) is 28.2. The maximum Gasteiger partial charge on any atom is 0.460 e. The van der Waals surface area contributed by atoms with Gasteiger partial charge in [-0.05, 0) is 0 Å². The van der Waals surface area contributed by atoms with Crippen molar-refractivity contribution in [3.05, 3.63) is 0 Å². The molecule has 1 aliphatic rings. The number of rotatable bonds is 8. The molecule has 206 valence electrons. The zero-order valence-electron chi connectivity index (χ0n) is 18.8. The molecule has 1 rings (SSSR count). The van der Waals surface area contributed by atoms with Crippen LogP contribution in [-0.2, 0) is 47.6 Å². The van der Waals surface area contributed by atoms with Gasteiger partial charge in [-0.15, -0.1) is 0 Å². The van der Waals surface area contributed by atoms with Gasteiger partial charge in [0, 0.05) is 27.7 Å². The van der Waals surface area contributed by atoms with Crippen LogP contribution < -0.4 is 0 Å². The highest BCUT2D eigenvalue weighted by Crippen LogP contribution is 2.47. The molecule has 5 atom stereocenters. The fourth-order valence-electron chi connectivity index (χ4n) is 2.79. The monoisotopic (exact) mass is 543 g/mol. The van der Waals surface area contributed by atoms with Gasteiger partial charge in [0.2, 0.25) is 12.4 Å². The lowest BCUT2D eigenvalue weighted by atomic mass is 9.98. The Kier molecular flexibility index (Phi) is 9.65. The standard InChI is InChI=1S/C18H20F7NO10/c1-6(27)31-5-10-11(32-7(2)28)12(33-8(3)29)13(34-9(4)30)14(35-10)36-15(26)16(19,20)17(21,22)18(23,24)25/h10-14,26H,5H2,1-4H3/t10-,11-,12+,13-,14-/m1/s1. The summed E-state index contributed by atoms with van der Waals surface area (Å²) in [6.07, 6.45) is -17.3. The van der Waals surface area contributed by atoms with E-state index in [1.54, 1.807) is 0 Å². The van der Waals surface area contributed by atoms with Crippen LogP contribution in [0.3, 0.4) is 0 Å². The minimum Gasteiger partial charge on any atom is -0.463 e. The number of ether oxygens (including phenoxy) is 6. The summed E-state index contributed by atoms with van der Waals surface area (Å²) in [5.74, 6) is -20.5. The van der Waals surface area contributed by atoms with Gasteiger partial charge in [0.15, 0.2) is 12.2 Å². The van der Waals surface area contributed by atoms with Crippen LogP contribution in [0, 0.1) is 5.41 Å². The molecule has 11 nitrogen and oxygen atoms in total. The summed E-state index contributed by atoms with van der Waals surface area (Å²) in [5, 5.41) is 7.09. The Balaban J connectivity index is 3.52. The van der Waals surface area contributed by atoms with Gasteiger partial charge in [0.1, 0.15) is 12.7 Å². The molecular weight excluding hydrogens is 523 g/mol. The van der Waals surface area contributed by atoms with Crippen molar-refractivity contribution in [1.82, 2.24) is 0 Å². The quantitative estimate of drug-likeness (QED) is 0.158. The van der Waals surface area contributed by atoms with Crippen LogP contribution in [-0.4, -0.2) is 85.1 Å². The molecule has 0 radical (unpaired) electrons. The maximum absolute atomic E-state index is 13.9. The topological polar surface area (TPSA) is 148 Å². The Morgan fingerprint density at radius 1 is 0.722 bits per heavy atom. The molecule has 0 aromatic carbocycles. The first-order valence-corrected chi connectivity index (χ1v) is 9.60. The Morgan fingerprint density at radius 2 is 1.17 bits per heavy atom. The van der Waals surface area contributed by atoms with Gasteiger partial charge in [-0.3, -0.25) is 24.6 Å². The van der Waals surface area contributed by atoms with E-state index >= 15 is 0 Å². The third-order valence-electron chi connectivity index (χ3n) is 4.22. The van der Waals surface area contributed by atoms with Crippen molar-refractivity contribution in [2.24, 2.45) is 0 Å². The second-order valence-electron chi connectivity index (χ2n) is 7.16. The van der Waals surface area contributed by atoms with Crippen molar-refractivity contribution in [3.8, 4) is 0 Å². The van der Waals surface area contributed by atoms with Gasteiger partial charge < -0.3 is 28.4 Å². The first-order chi connectivity index (χ1) is 16.2. The predicted molar refractivity (Wildman–Crippen MR) is 96.7 cm³/mol. The Morgan fingerprint density at radius 3 is 1.58 bits per heavy atom. The summed E-state index contributed by atoms with van der Waals surface area (Å²) >= 11 is 0. The first-order valence-electron chi connectivity index (χ1n) is 9.60. The van der Waals surface area contributed by atoms with E-state index in [0.29, 0.717) is 0 Å². The van der Waals surface area contributed by atoms with E-state index in [9.17, 15) is 49.9 Å². The van der Waals surface area contributed by atoms with Gasteiger partial charge in [0.05, 0.1) is 0 Å². The van der Waals surface area contributed by atoms with Crippen LogP contribution in [0.5, 0.6) is 0 Å². The Labute approximate surface area is 197 Å². The second-order valence-corrected chi connectivity index (χ2v) is 7.16. The molecule has 0 unspecified atom stereocenters. The Bertz CT molecular complexity index is 879. The largest absolute Gasteiger partial charge is 0.463 e. The molecule has 18 heteroatoms. The molecular formula is C18H20F7NO10. The molecule has 0 aromatic heterocycles. The number of nitrogens with one attached hydrogen (secondary N) is 1. The minimum absolute atomic E-state index is 0.728. The highest BCUT2D eigenvalue weighted by Gasteiger charge is 2.76. The highest BCUT2D eigenvalue weighted by atomic mass is 19.4. The average Bonchev–Trinajstić information content (AvgIpc) is 2.68. The van der Waals surface area contributed by atoms with Crippen molar-refractivity contribution in [1.29, 1.82) is 5.41 Å². The van der Waals surface area contributed by atoms with Crippen molar-refractivity contribution in [2.45, 2.75) is 76.4 Å². The molecule has 0 aliphatic carbocycles. The Hall–Kier alpha value is -3.18. The number of alkyl halides is 7. The summed E-state index contributed by atoms with van der Waals surface area (Å²) in [6, 6.07) is 0. The molecule has 0 saturated carbocycles. The molecule has 1 N–H and O–H groups in total. The van der Waals surface area contributed by atoms with E-state index in [2.05, 4.69) is 9.47 Å². The molecule has 0 aromatic rings. The number of esters is 4. The molecule has 1 saturated heterocycles. The maximum atomic E-state index is 13.9. The lowest BCUT2D eigenvalue weighted by Gasteiger charge is -2.44. The van der Waals surface area contributed by atoms with Crippen LogP contribution in [0.2, 0.25) is 0 Å². The normalized spacial score (nSPS) is 24.8. The van der Waals surface area contributed by atoms with E-state index in [-0.39, 0.29) is 0 Å². The van der Waals surface area contributed by atoms with Crippen LogP contribution in [0.1, 0.15) is 27.7 Å². The summed E-state index contributed by atoms with van der Waals surface area (Å²) in [5.41, 5.74) is 0. The number of halogens is 7. The molecule has 1 heterocycles. The molecule has 0 spiro atoms. The van der Waals surface area contributed by atoms with Crippen molar-refractivity contribution in [2.75, 3.05) is 6.61 Å². The van der Waals surface area contributed by atoms with Crippen molar-refractivity contribution >= 4 is 29.8 Å². The van der Waals surface area contributed by atoms with Crippen molar-refractivity contribution < 1.29 is 78.3 Å². The molecule has 1 aliphatic heterocycles. The lowest BCUT2D eigenvalue weighted by molar-refractivity contribution is -0.343. The van der Waals surface area contributed by atoms with Crippen LogP contribution in [0.4, 0.5) is 30.7 Å². The highest BCUT2D eigenvalue weighted by molar-refractivity contribution is 5.82. The second kappa shape index (κ2) is 11.3. The minimum atomic E-state index is -6.81. The van der Waals surface area contributed by atoms with Crippen LogP contribution in [0.25, 0.3) is 0 Å². The molecule has 1 fully saturated rings. The van der Waals surface area contributed by atoms with Crippen molar-refractivity contribution in [3.63, 3.8) is 0 Å². The van der Waals surface area contributed by atoms with Crippen LogP contribution in [0.15, 0.2) is 0 Å².